The summed E-state index contributed by atoms with van der Waals surface area (Å²) in [6.45, 7) is 5.73. The van der Waals surface area contributed by atoms with E-state index in [1.54, 1.807) is 6.92 Å². The van der Waals surface area contributed by atoms with Crippen LogP contribution in [0.1, 0.15) is 19.4 Å². The van der Waals surface area contributed by atoms with Crippen LogP contribution in [0.2, 0.25) is 0 Å². The van der Waals surface area contributed by atoms with E-state index in [4.69, 9.17) is 5.73 Å². The van der Waals surface area contributed by atoms with Crippen molar-refractivity contribution in [2.45, 2.75) is 20.8 Å². The van der Waals surface area contributed by atoms with E-state index in [-0.39, 0.29) is 5.69 Å². The largest absolute Gasteiger partial charge is 0.403 e. The summed E-state index contributed by atoms with van der Waals surface area (Å²) < 4.78 is 0. The van der Waals surface area contributed by atoms with Crippen molar-refractivity contribution in [2.24, 2.45) is 5.73 Å². The van der Waals surface area contributed by atoms with E-state index in [0.717, 1.165) is 0 Å². The lowest BCUT2D eigenvalue weighted by Gasteiger charge is -2.02. The Morgan fingerprint density at radius 1 is 1.56 bits per heavy atom. The number of nitrogens with two attached hydrogens (primary N) is 1. The van der Waals surface area contributed by atoms with Crippen molar-refractivity contribution in [1.29, 1.82) is 0 Å². The van der Waals surface area contributed by atoms with Gasteiger partial charge in [-0.1, -0.05) is 13.8 Å². The van der Waals surface area contributed by atoms with Gasteiger partial charge in [0.25, 0.3) is 5.69 Å². The molecule has 0 aromatic carbocycles. The fourth-order valence-electron chi connectivity index (χ4n) is 0.938. The molecule has 1 aromatic rings. The molecule has 0 unspecified atom stereocenters. The molecule has 16 heavy (non-hydrogen) atoms. The van der Waals surface area contributed by atoms with E-state index in [2.05, 4.69) is 10.3 Å². The minimum atomic E-state index is -0.484. The van der Waals surface area contributed by atoms with Crippen LogP contribution in [0.4, 0.5) is 11.5 Å². The Bertz CT molecular complexity index is 377. The van der Waals surface area contributed by atoms with Crippen molar-refractivity contribution in [1.82, 2.24) is 4.98 Å². The number of hydrogen-bond donors (Lipinski definition) is 2. The van der Waals surface area contributed by atoms with Crippen LogP contribution in [0.15, 0.2) is 24.7 Å². The highest BCUT2D eigenvalue weighted by Gasteiger charge is 2.08. The van der Waals surface area contributed by atoms with Gasteiger partial charge < -0.3 is 11.1 Å². The van der Waals surface area contributed by atoms with Gasteiger partial charge in [0.2, 0.25) is 0 Å². The lowest BCUT2D eigenvalue weighted by atomic mass is 10.2. The molecule has 0 spiro atoms. The van der Waals surface area contributed by atoms with Gasteiger partial charge in [0.1, 0.15) is 12.0 Å². The summed E-state index contributed by atoms with van der Waals surface area (Å²) in [5, 5.41) is 13.2. The molecule has 0 aliphatic rings. The Morgan fingerprint density at radius 3 is 2.62 bits per heavy atom. The van der Waals surface area contributed by atoms with E-state index in [1.807, 2.05) is 13.8 Å². The molecule has 0 fully saturated rings. The van der Waals surface area contributed by atoms with Crippen molar-refractivity contribution in [3.05, 3.63) is 40.3 Å². The van der Waals surface area contributed by atoms with E-state index < -0.39 is 4.92 Å². The van der Waals surface area contributed by atoms with Crippen LogP contribution in [0.5, 0.6) is 0 Å². The van der Waals surface area contributed by atoms with Gasteiger partial charge in [-0.3, -0.25) is 10.1 Å². The first kappa shape index (κ1) is 13.9. The molecule has 1 rings (SSSR count). The predicted octanol–water partition coefficient (Wildman–Crippen LogP) is 2.17. The molecule has 0 bridgehead atoms. The first-order valence-corrected chi connectivity index (χ1v) is 4.89. The monoisotopic (exact) mass is 224 g/mol. The van der Waals surface area contributed by atoms with Gasteiger partial charge in [0, 0.05) is 18.5 Å². The molecule has 0 aliphatic carbocycles. The van der Waals surface area contributed by atoms with Crippen molar-refractivity contribution in [3.8, 4) is 0 Å². The first-order chi connectivity index (χ1) is 7.65. The highest BCUT2D eigenvalue weighted by Crippen LogP contribution is 2.17. The lowest BCUT2D eigenvalue weighted by molar-refractivity contribution is -0.385. The molecule has 0 amide bonds. The molecule has 0 saturated carbocycles. The topological polar surface area (TPSA) is 94.1 Å². The third kappa shape index (κ3) is 3.95. The Labute approximate surface area is 94.3 Å². The SMILES string of the molecule is CC.Cc1cc([N+](=O)[O-])cnc1N/C=C\N. The fourth-order valence-corrected chi connectivity index (χ4v) is 0.938. The third-order valence-corrected chi connectivity index (χ3v) is 1.59. The minimum Gasteiger partial charge on any atom is -0.403 e. The summed E-state index contributed by atoms with van der Waals surface area (Å²) in [5.41, 5.74) is 5.79. The number of nitrogens with one attached hydrogen (secondary N) is 1. The molecule has 3 N–H and O–H groups in total. The van der Waals surface area contributed by atoms with E-state index in [1.165, 1.54) is 24.7 Å². The third-order valence-electron chi connectivity index (χ3n) is 1.59. The highest BCUT2D eigenvalue weighted by atomic mass is 16.6. The van der Waals surface area contributed by atoms with Crippen LogP contribution >= 0.6 is 0 Å². The second kappa shape index (κ2) is 7.22. The molecule has 1 aromatic heterocycles. The molecule has 6 nitrogen and oxygen atoms in total. The van der Waals surface area contributed by atoms with Gasteiger partial charge in [0.05, 0.1) is 4.92 Å². The van der Waals surface area contributed by atoms with Crippen molar-refractivity contribution >= 4 is 11.5 Å². The standard InChI is InChI=1S/C8H10N4O2.C2H6/c1-6-4-7(12(13)14)5-11-8(6)10-3-2-9;1-2/h2-5H,9H2,1H3,(H,10,11);1-2H3/b3-2-;. The summed E-state index contributed by atoms with van der Waals surface area (Å²) >= 11 is 0. The van der Waals surface area contributed by atoms with E-state index in [0.29, 0.717) is 11.4 Å². The molecule has 88 valence electrons. The number of rotatable bonds is 3. The summed E-state index contributed by atoms with van der Waals surface area (Å²) in [6.07, 6.45) is 4.02. The molecule has 1 heterocycles. The van der Waals surface area contributed by atoms with Crippen LogP contribution in [-0.4, -0.2) is 9.91 Å². The zero-order chi connectivity index (χ0) is 12.6. The Hall–Kier alpha value is -2.11. The molecule has 0 atom stereocenters. The quantitative estimate of drug-likeness (QED) is 0.606. The second-order valence-electron chi connectivity index (χ2n) is 2.62. The van der Waals surface area contributed by atoms with Crippen LogP contribution in [-0.2, 0) is 0 Å². The summed E-state index contributed by atoms with van der Waals surface area (Å²) in [4.78, 5) is 13.8. The first-order valence-electron chi connectivity index (χ1n) is 4.89. The maximum Gasteiger partial charge on any atom is 0.287 e. The Morgan fingerprint density at radius 2 is 2.19 bits per heavy atom. The molecule has 0 saturated heterocycles. The van der Waals surface area contributed by atoms with Gasteiger partial charge in [-0.2, -0.15) is 0 Å². The van der Waals surface area contributed by atoms with Crippen LogP contribution in [0, 0.1) is 17.0 Å². The number of anilines is 1. The zero-order valence-corrected chi connectivity index (χ0v) is 9.60. The van der Waals surface area contributed by atoms with Gasteiger partial charge in [0.15, 0.2) is 0 Å². The molecule has 0 aliphatic heterocycles. The maximum atomic E-state index is 10.4. The number of aromatic nitrogens is 1. The molecule has 0 radical (unpaired) electrons. The normalized spacial score (nSPS) is 9.44. The minimum absolute atomic E-state index is 0.0234. The maximum absolute atomic E-state index is 10.4. The number of pyridine rings is 1. The smallest absolute Gasteiger partial charge is 0.287 e. The number of nitrogens with zero attached hydrogens (tertiary/aromatic N) is 2. The summed E-state index contributed by atoms with van der Waals surface area (Å²) in [6, 6.07) is 1.44. The van der Waals surface area contributed by atoms with Crippen molar-refractivity contribution in [3.63, 3.8) is 0 Å². The van der Waals surface area contributed by atoms with Gasteiger partial charge in [-0.05, 0) is 12.5 Å². The van der Waals surface area contributed by atoms with Crippen LogP contribution in [0.25, 0.3) is 0 Å². The zero-order valence-electron chi connectivity index (χ0n) is 9.60. The average Bonchev–Trinajstić information content (AvgIpc) is 2.30. The number of aryl methyl sites for hydroxylation is 1. The summed E-state index contributed by atoms with van der Waals surface area (Å²) in [5.74, 6) is 0.553. The van der Waals surface area contributed by atoms with Crippen LogP contribution in [0.3, 0.4) is 0 Å². The van der Waals surface area contributed by atoms with Crippen molar-refractivity contribution in [2.75, 3.05) is 5.32 Å². The van der Waals surface area contributed by atoms with Gasteiger partial charge >= 0.3 is 0 Å². The molecular formula is C10H16N4O2. The molecule has 6 heteroatoms. The van der Waals surface area contributed by atoms with E-state index in [9.17, 15) is 10.1 Å². The van der Waals surface area contributed by atoms with Gasteiger partial charge in [-0.15, -0.1) is 0 Å². The predicted molar refractivity (Wildman–Crippen MR) is 63.9 cm³/mol. The van der Waals surface area contributed by atoms with Crippen LogP contribution < -0.4 is 11.1 Å². The molecular weight excluding hydrogens is 208 g/mol. The Balaban J connectivity index is 0.00000106. The average molecular weight is 224 g/mol. The van der Waals surface area contributed by atoms with Gasteiger partial charge in [-0.25, -0.2) is 4.98 Å². The summed E-state index contributed by atoms with van der Waals surface area (Å²) in [7, 11) is 0. The van der Waals surface area contributed by atoms with E-state index >= 15 is 0 Å². The number of hydrogen-bond acceptors (Lipinski definition) is 5. The van der Waals surface area contributed by atoms with Crippen molar-refractivity contribution < 1.29 is 4.92 Å². The highest BCUT2D eigenvalue weighted by molar-refractivity contribution is 5.49. The second-order valence-corrected chi connectivity index (χ2v) is 2.62. The Kier molecular flexibility index (Phi) is 6.27. The number of nitro groups is 1. The lowest BCUT2D eigenvalue weighted by Crippen LogP contribution is -1.98. The fraction of sp³-hybridized carbons (Fsp3) is 0.300.